The molecule has 0 aliphatic heterocycles. The fraction of sp³-hybridized carbons (Fsp3) is 0.588. The van der Waals surface area contributed by atoms with Crippen molar-refractivity contribution in [3.63, 3.8) is 0 Å². The van der Waals surface area contributed by atoms with E-state index in [-0.39, 0.29) is 0 Å². The summed E-state index contributed by atoms with van der Waals surface area (Å²) in [4.78, 5) is 6.72. The van der Waals surface area contributed by atoms with Gasteiger partial charge in [-0.3, -0.25) is 4.99 Å². The summed E-state index contributed by atoms with van der Waals surface area (Å²) < 4.78 is 0. The lowest BCUT2D eigenvalue weighted by atomic mass is 10.1. The standard InChI is InChI=1S/C17H30N4/c1-6-18-17(20-14(2)3)19-13-7-8-15-9-11-16(12-10-15)21(4)5/h9-12,14H,6-8,13H2,1-5H3,(H2,18,19,20). The number of aryl methyl sites for hydroxylation is 1. The Balaban J connectivity index is 2.40. The first kappa shape index (κ1) is 17.3. The Hall–Kier alpha value is -1.71. The molecule has 1 aromatic rings. The Morgan fingerprint density at radius 2 is 1.86 bits per heavy atom. The summed E-state index contributed by atoms with van der Waals surface area (Å²) in [6.07, 6.45) is 2.13. The fourth-order valence-corrected chi connectivity index (χ4v) is 2.03. The molecule has 0 amide bonds. The molecular formula is C17H30N4. The quantitative estimate of drug-likeness (QED) is 0.461. The smallest absolute Gasteiger partial charge is 0.191 e. The van der Waals surface area contributed by atoms with Crippen molar-refractivity contribution in [2.45, 2.75) is 39.7 Å². The van der Waals surface area contributed by atoms with Gasteiger partial charge in [0, 0.05) is 38.9 Å². The molecule has 0 saturated carbocycles. The number of nitrogens with one attached hydrogen (secondary N) is 2. The lowest BCUT2D eigenvalue weighted by Crippen LogP contribution is -2.41. The van der Waals surface area contributed by atoms with Gasteiger partial charge in [-0.2, -0.15) is 0 Å². The molecule has 0 aromatic heterocycles. The molecular weight excluding hydrogens is 260 g/mol. The highest BCUT2D eigenvalue weighted by atomic mass is 15.2. The van der Waals surface area contributed by atoms with E-state index in [4.69, 9.17) is 0 Å². The average molecular weight is 290 g/mol. The summed E-state index contributed by atoms with van der Waals surface area (Å²) >= 11 is 0. The maximum absolute atomic E-state index is 4.60. The Morgan fingerprint density at radius 3 is 2.38 bits per heavy atom. The first-order chi connectivity index (χ1) is 10.0. The van der Waals surface area contributed by atoms with Crippen LogP contribution < -0.4 is 15.5 Å². The van der Waals surface area contributed by atoms with Crippen LogP contribution in [0.5, 0.6) is 0 Å². The molecule has 0 aliphatic rings. The van der Waals surface area contributed by atoms with Crippen LogP contribution in [0.1, 0.15) is 32.8 Å². The van der Waals surface area contributed by atoms with Crippen LogP contribution >= 0.6 is 0 Å². The third-order valence-electron chi connectivity index (χ3n) is 3.12. The zero-order valence-electron chi connectivity index (χ0n) is 14.1. The van der Waals surface area contributed by atoms with Crippen LogP contribution in [-0.4, -0.2) is 39.2 Å². The molecule has 4 nitrogen and oxygen atoms in total. The molecule has 0 heterocycles. The predicted octanol–water partition coefficient (Wildman–Crippen LogP) is 2.65. The number of nitrogens with zero attached hydrogens (tertiary/aromatic N) is 2. The van der Waals surface area contributed by atoms with Crippen molar-refractivity contribution < 1.29 is 0 Å². The minimum absolute atomic E-state index is 0.404. The summed E-state index contributed by atoms with van der Waals surface area (Å²) in [6, 6.07) is 9.15. The molecule has 0 saturated heterocycles. The third kappa shape index (κ3) is 7.02. The largest absolute Gasteiger partial charge is 0.378 e. The van der Waals surface area contributed by atoms with Crippen LogP contribution in [0.3, 0.4) is 0 Å². The second kappa shape index (κ2) is 9.27. The van der Waals surface area contributed by atoms with E-state index in [0.29, 0.717) is 6.04 Å². The van der Waals surface area contributed by atoms with Crippen molar-refractivity contribution in [3.05, 3.63) is 29.8 Å². The molecule has 1 rings (SSSR count). The zero-order chi connectivity index (χ0) is 15.7. The lowest BCUT2D eigenvalue weighted by molar-refractivity contribution is 0.696. The van der Waals surface area contributed by atoms with Gasteiger partial charge in [-0.1, -0.05) is 12.1 Å². The van der Waals surface area contributed by atoms with Gasteiger partial charge in [0.1, 0.15) is 0 Å². The lowest BCUT2D eigenvalue weighted by Gasteiger charge is -2.14. The highest BCUT2D eigenvalue weighted by molar-refractivity contribution is 5.79. The maximum atomic E-state index is 4.60. The van der Waals surface area contributed by atoms with Crippen molar-refractivity contribution in [3.8, 4) is 0 Å². The van der Waals surface area contributed by atoms with Gasteiger partial charge in [-0.05, 0) is 51.3 Å². The molecule has 0 fully saturated rings. The molecule has 118 valence electrons. The molecule has 0 spiro atoms. The number of rotatable bonds is 7. The number of aliphatic imine (C=N–C) groups is 1. The van der Waals surface area contributed by atoms with E-state index < -0.39 is 0 Å². The van der Waals surface area contributed by atoms with Gasteiger partial charge in [-0.25, -0.2) is 0 Å². The fourth-order valence-electron chi connectivity index (χ4n) is 2.03. The monoisotopic (exact) mass is 290 g/mol. The van der Waals surface area contributed by atoms with Crippen molar-refractivity contribution in [1.82, 2.24) is 10.6 Å². The van der Waals surface area contributed by atoms with Crippen molar-refractivity contribution in [2.75, 3.05) is 32.1 Å². The SMILES string of the molecule is CCNC(=NCCCc1ccc(N(C)C)cc1)NC(C)C. The van der Waals surface area contributed by atoms with Crippen molar-refractivity contribution in [1.29, 1.82) is 0 Å². The molecule has 2 N–H and O–H groups in total. The Kier molecular flexibility index (Phi) is 7.65. The van der Waals surface area contributed by atoms with Crippen LogP contribution in [-0.2, 0) is 6.42 Å². The van der Waals surface area contributed by atoms with Gasteiger partial charge in [0.25, 0.3) is 0 Å². The summed E-state index contributed by atoms with van der Waals surface area (Å²) in [5, 5.41) is 6.60. The second-order valence-corrected chi connectivity index (χ2v) is 5.72. The average Bonchev–Trinajstić information content (AvgIpc) is 2.43. The number of guanidine groups is 1. The Labute approximate surface area is 129 Å². The normalized spacial score (nSPS) is 11.6. The van der Waals surface area contributed by atoms with Gasteiger partial charge in [0.05, 0.1) is 0 Å². The van der Waals surface area contributed by atoms with Gasteiger partial charge >= 0.3 is 0 Å². The number of benzene rings is 1. The summed E-state index contributed by atoms with van der Waals surface area (Å²) in [7, 11) is 4.13. The van der Waals surface area contributed by atoms with E-state index >= 15 is 0 Å². The van der Waals surface area contributed by atoms with E-state index in [2.05, 4.69) is 79.7 Å². The zero-order valence-corrected chi connectivity index (χ0v) is 14.1. The molecule has 4 heteroatoms. The molecule has 1 aromatic carbocycles. The van der Waals surface area contributed by atoms with E-state index in [1.165, 1.54) is 11.3 Å². The highest BCUT2D eigenvalue weighted by Crippen LogP contribution is 2.13. The first-order valence-corrected chi connectivity index (χ1v) is 7.84. The molecule has 0 atom stereocenters. The van der Waals surface area contributed by atoms with Gasteiger partial charge in [0.15, 0.2) is 5.96 Å². The van der Waals surface area contributed by atoms with E-state index in [1.54, 1.807) is 0 Å². The van der Waals surface area contributed by atoms with Gasteiger partial charge < -0.3 is 15.5 Å². The van der Waals surface area contributed by atoms with Crippen molar-refractivity contribution >= 4 is 11.6 Å². The topological polar surface area (TPSA) is 39.7 Å². The molecule has 0 radical (unpaired) electrons. The number of hydrogen-bond donors (Lipinski definition) is 2. The van der Waals surface area contributed by atoms with Crippen molar-refractivity contribution in [2.24, 2.45) is 4.99 Å². The van der Waals surface area contributed by atoms with Crippen LogP contribution in [0.4, 0.5) is 5.69 Å². The molecule has 0 bridgehead atoms. The van der Waals surface area contributed by atoms with Crippen LogP contribution in [0.2, 0.25) is 0 Å². The molecule has 0 aliphatic carbocycles. The van der Waals surface area contributed by atoms with Crippen LogP contribution in [0.25, 0.3) is 0 Å². The Morgan fingerprint density at radius 1 is 1.19 bits per heavy atom. The van der Waals surface area contributed by atoms with Crippen LogP contribution in [0.15, 0.2) is 29.3 Å². The maximum Gasteiger partial charge on any atom is 0.191 e. The number of hydrogen-bond acceptors (Lipinski definition) is 2. The van der Waals surface area contributed by atoms with Gasteiger partial charge in [0.2, 0.25) is 0 Å². The number of anilines is 1. The molecule has 0 unspecified atom stereocenters. The minimum atomic E-state index is 0.404. The van der Waals surface area contributed by atoms with Gasteiger partial charge in [-0.15, -0.1) is 0 Å². The minimum Gasteiger partial charge on any atom is -0.378 e. The summed E-state index contributed by atoms with van der Waals surface area (Å²) in [6.45, 7) is 8.07. The second-order valence-electron chi connectivity index (χ2n) is 5.72. The first-order valence-electron chi connectivity index (χ1n) is 7.84. The van der Waals surface area contributed by atoms with Crippen LogP contribution in [0, 0.1) is 0 Å². The van der Waals surface area contributed by atoms with E-state index in [1.807, 2.05) is 0 Å². The molecule has 21 heavy (non-hydrogen) atoms. The predicted molar refractivity (Wildman–Crippen MR) is 93.3 cm³/mol. The Bertz CT molecular complexity index is 421. The summed E-state index contributed by atoms with van der Waals surface area (Å²) in [5.41, 5.74) is 2.62. The van der Waals surface area contributed by atoms with E-state index in [9.17, 15) is 0 Å². The highest BCUT2D eigenvalue weighted by Gasteiger charge is 2.00. The summed E-state index contributed by atoms with van der Waals surface area (Å²) in [5.74, 6) is 0.912. The third-order valence-corrected chi connectivity index (χ3v) is 3.12. The van der Waals surface area contributed by atoms with E-state index in [0.717, 1.165) is 31.9 Å².